The molecule has 5 heteroatoms. The molecule has 21 heavy (non-hydrogen) atoms. The molecule has 1 saturated carbocycles. The van der Waals surface area contributed by atoms with Crippen molar-refractivity contribution < 1.29 is 4.74 Å². The van der Waals surface area contributed by atoms with Crippen molar-refractivity contribution in [2.45, 2.75) is 45.1 Å². The molecule has 1 heterocycles. The van der Waals surface area contributed by atoms with Gasteiger partial charge in [-0.3, -0.25) is 0 Å². The van der Waals surface area contributed by atoms with Gasteiger partial charge in [0.25, 0.3) is 0 Å². The Kier molecular flexibility index (Phi) is 4.39. The fraction of sp³-hybridized carbons (Fsp3) is 0.500. The smallest absolute Gasteiger partial charge is 0.202 e. The summed E-state index contributed by atoms with van der Waals surface area (Å²) in [5.74, 6) is 2.55. The maximum absolute atomic E-state index is 6.03. The summed E-state index contributed by atoms with van der Waals surface area (Å²) in [6, 6.07) is 8.18. The van der Waals surface area contributed by atoms with E-state index in [1.54, 1.807) is 0 Å². The van der Waals surface area contributed by atoms with Gasteiger partial charge in [-0.25, -0.2) is 4.98 Å². The minimum absolute atomic E-state index is 0.139. The lowest BCUT2D eigenvalue weighted by Gasteiger charge is -2.18. The molecule has 4 nitrogen and oxygen atoms in total. The third-order valence-corrected chi connectivity index (χ3v) is 4.30. The maximum atomic E-state index is 6.03. The molecule has 1 aliphatic carbocycles. The molecule has 0 radical (unpaired) electrons. The van der Waals surface area contributed by atoms with E-state index in [1.807, 2.05) is 12.1 Å². The second kappa shape index (κ2) is 6.43. The quantitative estimate of drug-likeness (QED) is 0.840. The first-order valence-corrected chi connectivity index (χ1v) is 8.32. The van der Waals surface area contributed by atoms with Gasteiger partial charge in [0.15, 0.2) is 0 Å². The monoisotopic (exact) mass is 303 g/mol. The number of benzene rings is 1. The molecular formula is C16H21N3OS. The Hall–Kier alpha value is -1.62. The molecule has 1 N–H and O–H groups in total. The second-order valence-electron chi connectivity index (χ2n) is 5.58. The van der Waals surface area contributed by atoms with Gasteiger partial charge < -0.3 is 10.1 Å². The SMILES string of the molecule is CCC(CNc1nc(C2CC2)ns1)Oc1cccc(C)c1. The van der Waals surface area contributed by atoms with Crippen LogP contribution in [0.3, 0.4) is 0 Å². The first-order valence-electron chi connectivity index (χ1n) is 7.55. The van der Waals surface area contributed by atoms with Crippen LogP contribution in [0.4, 0.5) is 5.13 Å². The van der Waals surface area contributed by atoms with Crippen LogP contribution in [0.15, 0.2) is 24.3 Å². The van der Waals surface area contributed by atoms with Gasteiger partial charge in [-0.2, -0.15) is 4.37 Å². The van der Waals surface area contributed by atoms with Gasteiger partial charge in [-0.05, 0) is 43.9 Å². The first-order chi connectivity index (χ1) is 10.2. The Bertz CT molecular complexity index is 595. The molecule has 0 amide bonds. The number of nitrogens with one attached hydrogen (secondary N) is 1. The van der Waals surface area contributed by atoms with E-state index in [9.17, 15) is 0 Å². The van der Waals surface area contributed by atoms with Gasteiger partial charge in [0.05, 0.1) is 6.54 Å². The zero-order valence-electron chi connectivity index (χ0n) is 12.5. The van der Waals surface area contributed by atoms with Gasteiger partial charge in [-0.1, -0.05) is 19.1 Å². The van der Waals surface area contributed by atoms with Crippen LogP contribution in [0, 0.1) is 6.92 Å². The molecule has 0 saturated heterocycles. The van der Waals surface area contributed by atoms with Gasteiger partial charge in [0.2, 0.25) is 5.13 Å². The summed E-state index contributed by atoms with van der Waals surface area (Å²) in [6.45, 7) is 4.97. The predicted octanol–water partition coefficient (Wildman–Crippen LogP) is 3.99. The number of hydrogen-bond donors (Lipinski definition) is 1. The van der Waals surface area contributed by atoms with E-state index in [2.05, 4.69) is 40.7 Å². The number of nitrogens with zero attached hydrogens (tertiary/aromatic N) is 2. The Morgan fingerprint density at radius 2 is 2.29 bits per heavy atom. The maximum Gasteiger partial charge on any atom is 0.202 e. The summed E-state index contributed by atoms with van der Waals surface area (Å²) in [4.78, 5) is 4.54. The molecule has 2 aromatic rings. The Morgan fingerprint density at radius 3 is 3.00 bits per heavy atom. The lowest BCUT2D eigenvalue weighted by Crippen LogP contribution is -2.25. The van der Waals surface area contributed by atoms with E-state index >= 15 is 0 Å². The van der Waals surface area contributed by atoms with Crippen LogP contribution in [-0.4, -0.2) is 22.0 Å². The third-order valence-electron chi connectivity index (χ3n) is 3.61. The van der Waals surface area contributed by atoms with Crippen molar-refractivity contribution in [1.82, 2.24) is 9.36 Å². The number of anilines is 1. The summed E-state index contributed by atoms with van der Waals surface area (Å²) in [5.41, 5.74) is 1.22. The Balaban J connectivity index is 1.53. The summed E-state index contributed by atoms with van der Waals surface area (Å²) < 4.78 is 10.4. The Labute approximate surface area is 129 Å². The van der Waals surface area contributed by atoms with Crippen molar-refractivity contribution in [3.63, 3.8) is 0 Å². The molecule has 0 bridgehead atoms. The van der Waals surface area contributed by atoms with Crippen LogP contribution in [0.1, 0.15) is 43.5 Å². The van der Waals surface area contributed by atoms with Gasteiger partial charge in [0.1, 0.15) is 17.7 Å². The number of aryl methyl sites for hydroxylation is 1. The Morgan fingerprint density at radius 1 is 1.43 bits per heavy atom. The predicted molar refractivity (Wildman–Crippen MR) is 86.3 cm³/mol. The normalized spacial score (nSPS) is 15.7. The number of hydrogen-bond acceptors (Lipinski definition) is 5. The number of aromatic nitrogens is 2. The van der Waals surface area contributed by atoms with Crippen molar-refractivity contribution in [3.8, 4) is 5.75 Å². The highest BCUT2D eigenvalue weighted by molar-refractivity contribution is 7.09. The van der Waals surface area contributed by atoms with Crippen molar-refractivity contribution in [3.05, 3.63) is 35.7 Å². The van der Waals surface area contributed by atoms with Crippen LogP contribution < -0.4 is 10.1 Å². The van der Waals surface area contributed by atoms with E-state index in [-0.39, 0.29) is 6.10 Å². The zero-order valence-corrected chi connectivity index (χ0v) is 13.3. The van der Waals surface area contributed by atoms with E-state index in [1.165, 1.54) is 29.9 Å². The zero-order chi connectivity index (χ0) is 14.7. The third kappa shape index (κ3) is 3.94. The first kappa shape index (κ1) is 14.3. The lowest BCUT2D eigenvalue weighted by molar-refractivity contribution is 0.210. The molecule has 1 aromatic heterocycles. The summed E-state index contributed by atoms with van der Waals surface area (Å²) in [7, 11) is 0. The summed E-state index contributed by atoms with van der Waals surface area (Å²) >= 11 is 1.45. The average Bonchev–Trinajstić information content (AvgIpc) is 3.23. The molecule has 0 aliphatic heterocycles. The van der Waals surface area contributed by atoms with Crippen LogP contribution in [-0.2, 0) is 0 Å². The molecule has 1 aromatic carbocycles. The highest BCUT2D eigenvalue weighted by Gasteiger charge is 2.27. The second-order valence-corrected chi connectivity index (χ2v) is 6.33. The highest BCUT2D eigenvalue weighted by atomic mass is 32.1. The van der Waals surface area contributed by atoms with E-state index in [0.717, 1.165) is 29.7 Å². The highest BCUT2D eigenvalue weighted by Crippen LogP contribution is 2.39. The molecule has 112 valence electrons. The molecular weight excluding hydrogens is 282 g/mol. The fourth-order valence-corrected chi connectivity index (χ4v) is 2.82. The average molecular weight is 303 g/mol. The van der Waals surface area contributed by atoms with Crippen molar-refractivity contribution in [1.29, 1.82) is 0 Å². The van der Waals surface area contributed by atoms with E-state index in [0.29, 0.717) is 5.92 Å². The topological polar surface area (TPSA) is 47.0 Å². The molecule has 1 fully saturated rings. The van der Waals surface area contributed by atoms with Crippen molar-refractivity contribution in [2.75, 3.05) is 11.9 Å². The molecule has 0 spiro atoms. The molecule has 1 unspecified atom stereocenters. The number of ether oxygens (including phenoxy) is 1. The standard InChI is InChI=1S/C16H21N3OS/c1-3-13(20-14-6-4-5-11(2)9-14)10-17-16-18-15(19-21-16)12-7-8-12/h4-6,9,12-13H,3,7-8,10H2,1-2H3,(H,17,18,19). The van der Waals surface area contributed by atoms with Gasteiger partial charge in [0, 0.05) is 17.5 Å². The summed E-state index contributed by atoms with van der Waals surface area (Å²) in [6.07, 6.45) is 3.57. The lowest BCUT2D eigenvalue weighted by atomic mass is 10.2. The molecule has 3 rings (SSSR count). The van der Waals surface area contributed by atoms with Crippen LogP contribution in [0.25, 0.3) is 0 Å². The largest absolute Gasteiger partial charge is 0.489 e. The van der Waals surface area contributed by atoms with Crippen molar-refractivity contribution in [2.24, 2.45) is 0 Å². The van der Waals surface area contributed by atoms with Crippen molar-refractivity contribution >= 4 is 16.7 Å². The fourth-order valence-electron chi connectivity index (χ4n) is 2.17. The minimum atomic E-state index is 0.139. The van der Waals surface area contributed by atoms with E-state index in [4.69, 9.17) is 4.74 Å². The minimum Gasteiger partial charge on any atom is -0.489 e. The van der Waals surface area contributed by atoms with Crippen LogP contribution >= 0.6 is 11.5 Å². The van der Waals surface area contributed by atoms with E-state index < -0.39 is 0 Å². The number of rotatable bonds is 7. The van der Waals surface area contributed by atoms with Gasteiger partial charge in [-0.15, -0.1) is 0 Å². The van der Waals surface area contributed by atoms with Crippen LogP contribution in [0.5, 0.6) is 5.75 Å². The molecule has 1 aliphatic rings. The molecule has 1 atom stereocenters. The van der Waals surface area contributed by atoms with Crippen LogP contribution in [0.2, 0.25) is 0 Å². The summed E-state index contributed by atoms with van der Waals surface area (Å²) in [5, 5.41) is 4.26. The van der Waals surface area contributed by atoms with Gasteiger partial charge >= 0.3 is 0 Å².